The molecule has 0 aromatic carbocycles. The van der Waals surface area contributed by atoms with Gasteiger partial charge in [-0.25, -0.2) is 0 Å². The Morgan fingerprint density at radius 1 is 1.00 bits per heavy atom. The van der Waals surface area contributed by atoms with E-state index in [1.807, 2.05) is 0 Å². The fourth-order valence-electron chi connectivity index (χ4n) is 2.23. The molecule has 0 radical (unpaired) electrons. The van der Waals surface area contributed by atoms with E-state index in [0.717, 1.165) is 0 Å². The van der Waals surface area contributed by atoms with Crippen molar-refractivity contribution in [2.24, 2.45) is 5.92 Å². The fourth-order valence-corrected chi connectivity index (χ4v) is 2.23. The van der Waals surface area contributed by atoms with E-state index >= 15 is 0 Å². The summed E-state index contributed by atoms with van der Waals surface area (Å²) in [6.45, 7) is 2.79. The van der Waals surface area contributed by atoms with Gasteiger partial charge < -0.3 is 9.47 Å². The van der Waals surface area contributed by atoms with Crippen LogP contribution in [0.15, 0.2) is 0 Å². The molecule has 0 aromatic rings. The number of hydrogen-bond donors (Lipinski definition) is 0. The van der Waals surface area contributed by atoms with Crippen molar-refractivity contribution < 1.29 is 19.1 Å². The second kappa shape index (κ2) is 8.95. The Balaban J connectivity index is 1.94. The molecule has 0 unspecified atom stereocenters. The normalized spacial score (nSPS) is 15.6. The molecule has 18 heavy (non-hydrogen) atoms. The van der Waals surface area contributed by atoms with Gasteiger partial charge in [0.05, 0.1) is 13.2 Å². The highest BCUT2D eigenvalue weighted by Crippen LogP contribution is 2.24. The van der Waals surface area contributed by atoms with E-state index in [1.165, 1.54) is 25.7 Å². The highest BCUT2D eigenvalue weighted by molar-refractivity contribution is 5.70. The number of unbranched alkanes of at least 4 members (excludes halogenated alkanes) is 1. The number of carbonyl (C=O) groups excluding carboxylic acids is 2. The molecule has 0 bridgehead atoms. The molecular weight excluding hydrogens is 232 g/mol. The minimum atomic E-state index is -0.183. The van der Waals surface area contributed by atoms with Gasteiger partial charge in [-0.3, -0.25) is 9.59 Å². The zero-order valence-corrected chi connectivity index (χ0v) is 11.3. The Labute approximate surface area is 109 Å². The first kappa shape index (κ1) is 15.0. The van der Waals surface area contributed by atoms with Gasteiger partial charge >= 0.3 is 11.9 Å². The molecule has 0 saturated heterocycles. The van der Waals surface area contributed by atoms with Crippen LogP contribution in [0.5, 0.6) is 0 Å². The first-order chi connectivity index (χ1) is 8.72. The van der Waals surface area contributed by atoms with E-state index in [4.69, 9.17) is 9.47 Å². The summed E-state index contributed by atoms with van der Waals surface area (Å²) in [7, 11) is 0. The number of carbonyl (C=O) groups is 2. The maximum Gasteiger partial charge on any atom is 0.305 e. The quantitative estimate of drug-likeness (QED) is 0.495. The monoisotopic (exact) mass is 256 g/mol. The Morgan fingerprint density at radius 3 is 2.11 bits per heavy atom. The van der Waals surface area contributed by atoms with Gasteiger partial charge in [0, 0.05) is 12.8 Å². The van der Waals surface area contributed by atoms with Crippen molar-refractivity contribution in [1.82, 2.24) is 0 Å². The van der Waals surface area contributed by atoms with E-state index in [0.29, 0.717) is 44.8 Å². The standard InChI is InChI=1S/C14H24O4/c1-2-17-13(15)9-5-6-10-14(16)18-11-12-7-3-4-8-12/h12H,2-11H2,1H3. The van der Waals surface area contributed by atoms with E-state index in [2.05, 4.69) is 0 Å². The highest BCUT2D eigenvalue weighted by Gasteiger charge is 2.16. The van der Waals surface area contributed by atoms with E-state index in [9.17, 15) is 9.59 Å². The second-order valence-electron chi connectivity index (χ2n) is 4.85. The average molecular weight is 256 g/mol. The summed E-state index contributed by atoms with van der Waals surface area (Å²) in [6.07, 6.45) is 7.10. The fraction of sp³-hybridized carbons (Fsp3) is 0.857. The molecule has 0 heterocycles. The number of rotatable bonds is 8. The lowest BCUT2D eigenvalue weighted by atomic mass is 10.1. The van der Waals surface area contributed by atoms with Crippen molar-refractivity contribution in [3.63, 3.8) is 0 Å². The third kappa shape index (κ3) is 6.62. The van der Waals surface area contributed by atoms with Gasteiger partial charge in [0.1, 0.15) is 0 Å². The van der Waals surface area contributed by atoms with Gasteiger partial charge in [0.25, 0.3) is 0 Å². The lowest BCUT2D eigenvalue weighted by Gasteiger charge is -2.09. The smallest absolute Gasteiger partial charge is 0.305 e. The van der Waals surface area contributed by atoms with Gasteiger partial charge in [-0.05, 0) is 38.5 Å². The average Bonchev–Trinajstić information content (AvgIpc) is 2.85. The van der Waals surface area contributed by atoms with Crippen LogP contribution < -0.4 is 0 Å². The zero-order chi connectivity index (χ0) is 13.2. The maximum atomic E-state index is 11.4. The molecular formula is C14H24O4. The molecule has 0 atom stereocenters. The molecule has 1 aliphatic rings. The lowest BCUT2D eigenvalue weighted by Crippen LogP contribution is -2.11. The third-order valence-corrected chi connectivity index (χ3v) is 3.27. The summed E-state index contributed by atoms with van der Waals surface area (Å²) in [5.41, 5.74) is 0. The van der Waals surface area contributed by atoms with Crippen molar-refractivity contribution in [2.45, 2.75) is 58.3 Å². The summed E-state index contributed by atoms with van der Waals surface area (Å²) >= 11 is 0. The molecule has 0 aliphatic heterocycles. The van der Waals surface area contributed by atoms with E-state index in [-0.39, 0.29) is 11.9 Å². The van der Waals surface area contributed by atoms with E-state index in [1.54, 1.807) is 6.92 Å². The molecule has 4 heteroatoms. The lowest BCUT2D eigenvalue weighted by molar-refractivity contribution is -0.146. The maximum absolute atomic E-state index is 11.4. The number of esters is 2. The molecule has 1 saturated carbocycles. The second-order valence-corrected chi connectivity index (χ2v) is 4.85. The van der Waals surface area contributed by atoms with Crippen LogP contribution in [0.3, 0.4) is 0 Å². The highest BCUT2D eigenvalue weighted by atomic mass is 16.5. The Morgan fingerprint density at radius 2 is 1.56 bits per heavy atom. The predicted molar refractivity (Wildman–Crippen MR) is 68.0 cm³/mol. The van der Waals surface area contributed by atoms with Crippen LogP contribution in [0.2, 0.25) is 0 Å². The Hall–Kier alpha value is -1.06. The minimum Gasteiger partial charge on any atom is -0.466 e. The molecule has 1 aliphatic carbocycles. The molecule has 1 fully saturated rings. The summed E-state index contributed by atoms with van der Waals surface area (Å²) in [6, 6.07) is 0. The van der Waals surface area contributed by atoms with Crippen molar-refractivity contribution in [1.29, 1.82) is 0 Å². The van der Waals surface area contributed by atoms with Crippen LogP contribution >= 0.6 is 0 Å². The molecule has 104 valence electrons. The topological polar surface area (TPSA) is 52.6 Å². The first-order valence-electron chi connectivity index (χ1n) is 7.03. The van der Waals surface area contributed by atoms with Gasteiger partial charge in [-0.1, -0.05) is 12.8 Å². The SMILES string of the molecule is CCOC(=O)CCCCC(=O)OCC1CCCC1. The van der Waals surface area contributed by atoms with Crippen LogP contribution in [0, 0.1) is 5.92 Å². The number of hydrogen-bond acceptors (Lipinski definition) is 4. The molecule has 0 spiro atoms. The molecule has 1 rings (SSSR count). The molecule has 4 nitrogen and oxygen atoms in total. The summed E-state index contributed by atoms with van der Waals surface area (Å²) in [4.78, 5) is 22.5. The Kier molecular flexibility index (Phi) is 7.46. The van der Waals surface area contributed by atoms with Crippen LogP contribution in [-0.2, 0) is 19.1 Å². The van der Waals surface area contributed by atoms with Gasteiger partial charge in [0.2, 0.25) is 0 Å². The van der Waals surface area contributed by atoms with Crippen LogP contribution in [0.4, 0.5) is 0 Å². The molecule has 0 aromatic heterocycles. The molecule has 0 amide bonds. The largest absolute Gasteiger partial charge is 0.466 e. The minimum absolute atomic E-state index is 0.134. The van der Waals surface area contributed by atoms with Crippen LogP contribution in [-0.4, -0.2) is 25.2 Å². The van der Waals surface area contributed by atoms with Crippen molar-refractivity contribution >= 4 is 11.9 Å². The van der Waals surface area contributed by atoms with Crippen molar-refractivity contribution in [3.05, 3.63) is 0 Å². The van der Waals surface area contributed by atoms with Gasteiger partial charge in [-0.15, -0.1) is 0 Å². The predicted octanol–water partition coefficient (Wildman–Crippen LogP) is 2.84. The Bertz CT molecular complexity index is 257. The summed E-state index contributed by atoms with van der Waals surface area (Å²) in [5.74, 6) is 0.260. The van der Waals surface area contributed by atoms with Crippen molar-refractivity contribution in [2.75, 3.05) is 13.2 Å². The van der Waals surface area contributed by atoms with E-state index < -0.39 is 0 Å². The van der Waals surface area contributed by atoms with Gasteiger partial charge in [-0.2, -0.15) is 0 Å². The zero-order valence-electron chi connectivity index (χ0n) is 11.3. The molecule has 0 N–H and O–H groups in total. The van der Waals surface area contributed by atoms with Crippen LogP contribution in [0.25, 0.3) is 0 Å². The summed E-state index contributed by atoms with van der Waals surface area (Å²) < 4.78 is 10.0. The number of ether oxygens (including phenoxy) is 2. The van der Waals surface area contributed by atoms with Crippen molar-refractivity contribution in [3.8, 4) is 0 Å². The first-order valence-corrected chi connectivity index (χ1v) is 7.03. The summed E-state index contributed by atoms with van der Waals surface area (Å²) in [5, 5.41) is 0. The third-order valence-electron chi connectivity index (χ3n) is 3.27. The van der Waals surface area contributed by atoms with Gasteiger partial charge in [0.15, 0.2) is 0 Å². The van der Waals surface area contributed by atoms with Crippen LogP contribution in [0.1, 0.15) is 58.3 Å².